The zero-order valence-electron chi connectivity index (χ0n) is 19.7. The molecule has 0 aliphatic carbocycles. The molecule has 180 valence electrons. The van der Waals surface area contributed by atoms with Gasteiger partial charge in [0.15, 0.2) is 0 Å². The molecule has 0 saturated carbocycles. The van der Waals surface area contributed by atoms with Gasteiger partial charge < -0.3 is 21.3 Å². The highest BCUT2D eigenvalue weighted by atomic mass is 16.2. The van der Waals surface area contributed by atoms with Crippen molar-refractivity contribution in [1.82, 2.24) is 15.5 Å². The monoisotopic (exact) mass is 473 g/mol. The van der Waals surface area contributed by atoms with Crippen LogP contribution >= 0.6 is 0 Å². The van der Waals surface area contributed by atoms with Crippen LogP contribution in [0, 0.1) is 0 Å². The molecule has 9 nitrogen and oxygen atoms in total. The molecule has 0 unspecified atom stereocenters. The first-order valence-electron chi connectivity index (χ1n) is 11.3. The number of fused-ring (bicyclic) bond motifs is 1. The number of carbonyl (C=O) groups is 4. The Bertz CT molecular complexity index is 1320. The van der Waals surface area contributed by atoms with Gasteiger partial charge >= 0.3 is 12.1 Å². The smallest absolute Gasteiger partial charge is 0.325 e. The largest absolute Gasteiger partial charge is 0.336 e. The van der Waals surface area contributed by atoms with E-state index in [4.69, 9.17) is 0 Å². The molecule has 1 fully saturated rings. The summed E-state index contributed by atoms with van der Waals surface area (Å²) >= 11 is 0. The van der Waals surface area contributed by atoms with Gasteiger partial charge in [0, 0.05) is 17.4 Å². The minimum Gasteiger partial charge on any atom is -0.336 e. The summed E-state index contributed by atoms with van der Waals surface area (Å²) < 4.78 is 0. The summed E-state index contributed by atoms with van der Waals surface area (Å²) in [5.41, 5.74) is 0.257. The van der Waals surface area contributed by atoms with Crippen LogP contribution in [-0.2, 0) is 15.1 Å². The molecule has 0 aromatic heterocycles. The molecule has 1 saturated heterocycles. The molecule has 4 N–H and O–H groups in total. The van der Waals surface area contributed by atoms with E-state index in [9.17, 15) is 19.2 Å². The third-order valence-corrected chi connectivity index (χ3v) is 5.73. The molecule has 0 spiro atoms. The number of urea groups is 2. The molecular weight excluding hydrogens is 446 g/mol. The molecule has 4 rings (SSSR count). The standard InChI is InChI=1S/C26H27N5O4/c1-16(2)27-24(34)29-21-10-6-9-20(14-21)28-22(32)15-31-23(33)26(3,30-25(31)35)19-12-11-17-7-4-5-8-18(17)13-19/h4-14,16H,15H2,1-3H3,(H,28,32)(H,30,35)(H2,27,29,34)/t26-/m0/s1. The number of rotatable bonds is 6. The maximum Gasteiger partial charge on any atom is 0.325 e. The van der Waals surface area contributed by atoms with Gasteiger partial charge in [-0.15, -0.1) is 0 Å². The van der Waals surface area contributed by atoms with Gasteiger partial charge in [0.2, 0.25) is 5.91 Å². The third-order valence-electron chi connectivity index (χ3n) is 5.73. The second-order valence-electron chi connectivity index (χ2n) is 8.89. The van der Waals surface area contributed by atoms with Crippen molar-refractivity contribution in [3.8, 4) is 0 Å². The highest BCUT2D eigenvalue weighted by Crippen LogP contribution is 2.31. The number of amides is 6. The Labute approximate surface area is 202 Å². The molecular formula is C26H27N5O4. The summed E-state index contributed by atoms with van der Waals surface area (Å²) in [6.07, 6.45) is 0. The molecule has 1 atom stereocenters. The maximum atomic E-state index is 13.2. The average molecular weight is 474 g/mol. The van der Waals surface area contributed by atoms with Gasteiger partial charge in [-0.2, -0.15) is 0 Å². The number of hydrogen-bond acceptors (Lipinski definition) is 4. The van der Waals surface area contributed by atoms with E-state index in [1.54, 1.807) is 37.3 Å². The molecule has 1 heterocycles. The van der Waals surface area contributed by atoms with Crippen molar-refractivity contribution >= 4 is 46.0 Å². The number of nitrogens with one attached hydrogen (secondary N) is 4. The fourth-order valence-corrected chi connectivity index (χ4v) is 3.98. The molecule has 35 heavy (non-hydrogen) atoms. The first-order chi connectivity index (χ1) is 16.7. The summed E-state index contributed by atoms with van der Waals surface area (Å²) in [6.45, 7) is 4.87. The molecule has 1 aliphatic rings. The molecule has 6 amide bonds. The van der Waals surface area contributed by atoms with Crippen molar-refractivity contribution in [2.75, 3.05) is 17.2 Å². The van der Waals surface area contributed by atoms with Crippen LogP contribution in [0.15, 0.2) is 66.7 Å². The van der Waals surface area contributed by atoms with Gasteiger partial charge in [0.05, 0.1) is 0 Å². The molecule has 3 aromatic rings. The highest BCUT2D eigenvalue weighted by molar-refractivity contribution is 6.10. The van der Waals surface area contributed by atoms with Crippen molar-refractivity contribution in [2.24, 2.45) is 0 Å². The second-order valence-corrected chi connectivity index (χ2v) is 8.89. The maximum absolute atomic E-state index is 13.2. The van der Waals surface area contributed by atoms with Crippen LogP contribution in [0.5, 0.6) is 0 Å². The predicted molar refractivity (Wildman–Crippen MR) is 134 cm³/mol. The summed E-state index contributed by atoms with van der Waals surface area (Å²) in [5, 5.41) is 12.8. The fraction of sp³-hybridized carbons (Fsp3) is 0.231. The van der Waals surface area contributed by atoms with Gasteiger partial charge in [0.1, 0.15) is 12.1 Å². The lowest BCUT2D eigenvalue weighted by molar-refractivity contribution is -0.133. The first kappa shape index (κ1) is 23.7. The van der Waals surface area contributed by atoms with Gasteiger partial charge in [-0.25, -0.2) is 9.59 Å². The van der Waals surface area contributed by atoms with E-state index in [2.05, 4.69) is 21.3 Å². The van der Waals surface area contributed by atoms with Crippen LogP contribution in [-0.4, -0.2) is 41.4 Å². The zero-order valence-corrected chi connectivity index (χ0v) is 19.7. The molecule has 3 aromatic carbocycles. The van der Waals surface area contributed by atoms with Gasteiger partial charge in [-0.1, -0.05) is 42.5 Å². The van der Waals surface area contributed by atoms with Crippen molar-refractivity contribution in [3.05, 3.63) is 72.3 Å². The van der Waals surface area contributed by atoms with Gasteiger partial charge in [0.25, 0.3) is 5.91 Å². The Kier molecular flexibility index (Phi) is 6.42. The lowest BCUT2D eigenvalue weighted by Crippen LogP contribution is -2.42. The number of anilines is 2. The van der Waals surface area contributed by atoms with E-state index >= 15 is 0 Å². The molecule has 1 aliphatic heterocycles. The van der Waals surface area contributed by atoms with E-state index in [-0.39, 0.29) is 12.1 Å². The number of nitrogens with zero attached hydrogens (tertiary/aromatic N) is 1. The lowest BCUT2D eigenvalue weighted by Gasteiger charge is -2.22. The van der Waals surface area contributed by atoms with Crippen LogP contribution in [0.1, 0.15) is 26.3 Å². The zero-order chi connectivity index (χ0) is 25.2. The Morgan fingerprint density at radius 2 is 1.60 bits per heavy atom. The quantitative estimate of drug-likeness (QED) is 0.407. The van der Waals surface area contributed by atoms with Crippen LogP contribution < -0.4 is 21.3 Å². The lowest BCUT2D eigenvalue weighted by atomic mass is 9.90. The number of carbonyl (C=O) groups excluding carboxylic acids is 4. The molecule has 9 heteroatoms. The normalized spacial score (nSPS) is 17.4. The van der Waals surface area contributed by atoms with E-state index in [1.165, 1.54) is 0 Å². The number of benzene rings is 3. The summed E-state index contributed by atoms with van der Waals surface area (Å²) in [5.74, 6) is -1.05. The number of hydrogen-bond donors (Lipinski definition) is 4. The van der Waals surface area contributed by atoms with Crippen LogP contribution in [0.2, 0.25) is 0 Å². The summed E-state index contributed by atoms with van der Waals surface area (Å²) in [4.78, 5) is 51.4. The van der Waals surface area contributed by atoms with Crippen molar-refractivity contribution in [3.63, 3.8) is 0 Å². The Morgan fingerprint density at radius 1 is 0.914 bits per heavy atom. The van der Waals surface area contributed by atoms with Gasteiger partial charge in [-0.3, -0.25) is 14.5 Å². The minimum atomic E-state index is -1.28. The highest BCUT2D eigenvalue weighted by Gasteiger charge is 2.49. The first-order valence-corrected chi connectivity index (χ1v) is 11.3. The number of imide groups is 1. The fourth-order valence-electron chi connectivity index (χ4n) is 3.98. The van der Waals surface area contributed by atoms with Crippen molar-refractivity contribution in [1.29, 1.82) is 0 Å². The van der Waals surface area contributed by atoms with Crippen LogP contribution in [0.25, 0.3) is 10.8 Å². The molecule has 0 radical (unpaired) electrons. The molecule has 0 bridgehead atoms. The summed E-state index contributed by atoms with van der Waals surface area (Å²) in [7, 11) is 0. The van der Waals surface area contributed by atoms with Crippen LogP contribution in [0.3, 0.4) is 0 Å². The average Bonchev–Trinajstić information content (AvgIpc) is 3.02. The Hall–Kier alpha value is -4.40. The Balaban J connectivity index is 1.44. The van der Waals surface area contributed by atoms with Crippen molar-refractivity contribution in [2.45, 2.75) is 32.4 Å². The van der Waals surface area contributed by atoms with E-state index in [0.29, 0.717) is 16.9 Å². The topological polar surface area (TPSA) is 120 Å². The van der Waals surface area contributed by atoms with Gasteiger partial charge in [-0.05, 0) is 61.4 Å². The second kappa shape index (κ2) is 9.46. The third kappa shape index (κ3) is 5.08. The summed E-state index contributed by atoms with van der Waals surface area (Å²) in [6, 6.07) is 18.9. The minimum absolute atomic E-state index is 0.0256. The van der Waals surface area contributed by atoms with Crippen LogP contribution in [0.4, 0.5) is 21.0 Å². The van der Waals surface area contributed by atoms with E-state index < -0.39 is 29.9 Å². The Morgan fingerprint density at radius 3 is 2.31 bits per heavy atom. The van der Waals surface area contributed by atoms with Crippen molar-refractivity contribution < 1.29 is 19.2 Å². The van der Waals surface area contributed by atoms with E-state index in [0.717, 1.165) is 15.7 Å². The predicted octanol–water partition coefficient (Wildman–Crippen LogP) is 3.78. The van der Waals surface area contributed by atoms with E-state index in [1.807, 2.05) is 50.2 Å². The SMILES string of the molecule is CC(C)NC(=O)Nc1cccc(NC(=O)CN2C(=O)N[C@@](C)(c3ccc4ccccc4c3)C2=O)c1.